The molecule has 3 aromatic rings. The maximum absolute atomic E-state index is 13.0. The van der Waals surface area contributed by atoms with E-state index >= 15 is 0 Å². The van der Waals surface area contributed by atoms with E-state index in [1.807, 2.05) is 25.1 Å². The van der Waals surface area contributed by atoms with Crippen molar-refractivity contribution in [2.75, 3.05) is 7.05 Å². The number of para-hydroxylation sites is 1. The van der Waals surface area contributed by atoms with Gasteiger partial charge in [0.2, 0.25) is 0 Å². The normalized spacial score (nSPS) is 10.8. The van der Waals surface area contributed by atoms with Crippen LogP contribution in [0, 0.1) is 12.7 Å². The Morgan fingerprint density at radius 3 is 2.58 bits per heavy atom. The summed E-state index contributed by atoms with van der Waals surface area (Å²) in [7, 11) is 1.62. The SMILES string of the molecule is Cc1cccc2cc(CN(C)C(=O)c3ccc(F)cc3)c(=O)[nH]c12. The predicted octanol–water partition coefficient (Wildman–Crippen LogP) is 3.25. The summed E-state index contributed by atoms with van der Waals surface area (Å²) >= 11 is 0. The third-order valence-corrected chi connectivity index (χ3v) is 4.01. The lowest BCUT2D eigenvalue weighted by Gasteiger charge is -2.17. The zero-order chi connectivity index (χ0) is 17.3. The van der Waals surface area contributed by atoms with Gasteiger partial charge in [-0.1, -0.05) is 18.2 Å². The number of halogens is 1. The van der Waals surface area contributed by atoms with Gasteiger partial charge in [-0.2, -0.15) is 0 Å². The highest BCUT2D eigenvalue weighted by Crippen LogP contribution is 2.16. The topological polar surface area (TPSA) is 53.2 Å². The van der Waals surface area contributed by atoms with Gasteiger partial charge in [0, 0.05) is 18.2 Å². The third kappa shape index (κ3) is 3.06. The molecular formula is C19H17FN2O2. The van der Waals surface area contributed by atoms with E-state index in [0.717, 1.165) is 16.5 Å². The van der Waals surface area contributed by atoms with Crippen LogP contribution in [0.4, 0.5) is 4.39 Å². The molecule has 1 aromatic heterocycles. The van der Waals surface area contributed by atoms with E-state index in [2.05, 4.69) is 4.98 Å². The maximum Gasteiger partial charge on any atom is 0.253 e. The average Bonchev–Trinajstić information content (AvgIpc) is 2.56. The summed E-state index contributed by atoms with van der Waals surface area (Å²) in [6, 6.07) is 12.9. The second kappa shape index (κ2) is 6.28. The number of carbonyl (C=O) groups excluding carboxylic acids is 1. The zero-order valence-electron chi connectivity index (χ0n) is 13.5. The molecule has 1 heterocycles. The van der Waals surface area contributed by atoms with E-state index in [9.17, 15) is 14.0 Å². The molecule has 4 nitrogen and oxygen atoms in total. The highest BCUT2D eigenvalue weighted by molar-refractivity contribution is 5.94. The summed E-state index contributed by atoms with van der Waals surface area (Å²) in [5, 5.41) is 0.923. The highest BCUT2D eigenvalue weighted by Gasteiger charge is 2.14. The number of H-pyrrole nitrogens is 1. The lowest BCUT2D eigenvalue weighted by molar-refractivity contribution is 0.0784. The molecule has 24 heavy (non-hydrogen) atoms. The molecule has 0 bridgehead atoms. The minimum absolute atomic E-state index is 0.176. The summed E-state index contributed by atoms with van der Waals surface area (Å²) < 4.78 is 13.0. The standard InChI is InChI=1S/C19H17FN2O2/c1-12-4-3-5-14-10-15(18(23)21-17(12)14)11-22(2)19(24)13-6-8-16(20)9-7-13/h3-10H,11H2,1-2H3,(H,21,23). The Morgan fingerprint density at radius 2 is 1.88 bits per heavy atom. The maximum atomic E-state index is 13.0. The average molecular weight is 324 g/mol. The van der Waals surface area contributed by atoms with E-state index < -0.39 is 5.82 Å². The van der Waals surface area contributed by atoms with Gasteiger partial charge < -0.3 is 9.88 Å². The molecule has 0 spiro atoms. The van der Waals surface area contributed by atoms with Crippen molar-refractivity contribution in [2.45, 2.75) is 13.5 Å². The van der Waals surface area contributed by atoms with Crippen molar-refractivity contribution in [1.29, 1.82) is 0 Å². The lowest BCUT2D eigenvalue weighted by atomic mass is 10.1. The van der Waals surface area contributed by atoms with Crippen LogP contribution in [0.1, 0.15) is 21.5 Å². The molecule has 2 aromatic carbocycles. The molecule has 3 rings (SSSR count). The number of amides is 1. The third-order valence-electron chi connectivity index (χ3n) is 4.01. The van der Waals surface area contributed by atoms with Gasteiger partial charge in [0.15, 0.2) is 0 Å². The quantitative estimate of drug-likeness (QED) is 0.804. The van der Waals surface area contributed by atoms with Crippen molar-refractivity contribution in [2.24, 2.45) is 0 Å². The van der Waals surface area contributed by atoms with Gasteiger partial charge >= 0.3 is 0 Å². The van der Waals surface area contributed by atoms with Gasteiger partial charge in [-0.3, -0.25) is 9.59 Å². The second-order valence-electron chi connectivity index (χ2n) is 5.83. The number of nitrogens with one attached hydrogen (secondary N) is 1. The van der Waals surface area contributed by atoms with Crippen LogP contribution in [0.25, 0.3) is 10.9 Å². The van der Waals surface area contributed by atoms with E-state index in [1.54, 1.807) is 13.1 Å². The molecular weight excluding hydrogens is 307 g/mol. The summed E-state index contributed by atoms with van der Waals surface area (Å²) in [5.74, 6) is -0.658. The number of pyridine rings is 1. The molecule has 0 aliphatic heterocycles. The van der Waals surface area contributed by atoms with Gasteiger partial charge in [-0.15, -0.1) is 0 Å². The number of carbonyl (C=O) groups is 1. The number of aromatic nitrogens is 1. The number of hydrogen-bond acceptors (Lipinski definition) is 2. The number of hydrogen-bond donors (Lipinski definition) is 1. The molecule has 0 atom stereocenters. The van der Waals surface area contributed by atoms with Crippen molar-refractivity contribution in [3.05, 3.63) is 81.4 Å². The van der Waals surface area contributed by atoms with Crippen molar-refractivity contribution >= 4 is 16.8 Å². The molecule has 0 radical (unpaired) electrons. The lowest BCUT2D eigenvalue weighted by Crippen LogP contribution is -2.29. The molecule has 1 N–H and O–H groups in total. The summed E-state index contributed by atoms with van der Waals surface area (Å²) in [4.78, 5) is 29.0. The summed E-state index contributed by atoms with van der Waals surface area (Å²) in [5.41, 5.74) is 2.47. The van der Waals surface area contributed by atoms with Crippen LogP contribution in [0.2, 0.25) is 0 Å². The largest absolute Gasteiger partial charge is 0.337 e. The Bertz CT molecular complexity index is 961. The first-order valence-corrected chi connectivity index (χ1v) is 7.58. The molecule has 0 saturated carbocycles. The van der Waals surface area contributed by atoms with Gasteiger partial charge in [-0.05, 0) is 48.2 Å². The molecule has 5 heteroatoms. The van der Waals surface area contributed by atoms with Crippen LogP contribution in [-0.4, -0.2) is 22.8 Å². The number of aromatic amines is 1. The first kappa shape index (κ1) is 15.9. The highest BCUT2D eigenvalue weighted by atomic mass is 19.1. The van der Waals surface area contributed by atoms with Crippen LogP contribution in [0.5, 0.6) is 0 Å². The fourth-order valence-electron chi connectivity index (χ4n) is 2.69. The number of aryl methyl sites for hydroxylation is 1. The smallest absolute Gasteiger partial charge is 0.253 e. The molecule has 122 valence electrons. The molecule has 0 unspecified atom stereocenters. The first-order chi connectivity index (χ1) is 11.5. The van der Waals surface area contributed by atoms with Crippen molar-refractivity contribution in [1.82, 2.24) is 9.88 Å². The number of nitrogens with zero attached hydrogens (tertiary/aromatic N) is 1. The van der Waals surface area contributed by atoms with Crippen LogP contribution in [0.15, 0.2) is 53.3 Å². The minimum Gasteiger partial charge on any atom is -0.337 e. The zero-order valence-corrected chi connectivity index (χ0v) is 13.5. The van der Waals surface area contributed by atoms with Crippen LogP contribution >= 0.6 is 0 Å². The predicted molar refractivity (Wildman–Crippen MR) is 91.5 cm³/mol. The van der Waals surface area contributed by atoms with Crippen LogP contribution in [0.3, 0.4) is 0 Å². The van der Waals surface area contributed by atoms with Gasteiger partial charge in [0.05, 0.1) is 12.1 Å². The van der Waals surface area contributed by atoms with E-state index in [-0.39, 0.29) is 18.0 Å². The Hall–Kier alpha value is -2.95. The number of benzene rings is 2. The second-order valence-corrected chi connectivity index (χ2v) is 5.83. The monoisotopic (exact) mass is 324 g/mol. The van der Waals surface area contributed by atoms with Crippen molar-refractivity contribution in [3.63, 3.8) is 0 Å². The molecule has 0 aliphatic rings. The Labute approximate surface area is 138 Å². The van der Waals surface area contributed by atoms with E-state index in [0.29, 0.717) is 11.1 Å². The Morgan fingerprint density at radius 1 is 1.17 bits per heavy atom. The first-order valence-electron chi connectivity index (χ1n) is 7.58. The van der Waals surface area contributed by atoms with E-state index in [1.165, 1.54) is 29.2 Å². The molecule has 0 aliphatic carbocycles. The molecule has 0 saturated heterocycles. The number of fused-ring (bicyclic) bond motifs is 1. The van der Waals surface area contributed by atoms with Crippen LogP contribution < -0.4 is 5.56 Å². The fraction of sp³-hybridized carbons (Fsp3) is 0.158. The summed E-state index contributed by atoms with van der Waals surface area (Å²) in [6.45, 7) is 2.11. The van der Waals surface area contributed by atoms with Gasteiger partial charge in [-0.25, -0.2) is 4.39 Å². The Balaban J connectivity index is 1.89. The molecule has 0 fully saturated rings. The van der Waals surface area contributed by atoms with Crippen LogP contribution in [-0.2, 0) is 6.54 Å². The summed E-state index contributed by atoms with van der Waals surface area (Å²) in [6.07, 6.45) is 0. The Kier molecular flexibility index (Phi) is 4.16. The van der Waals surface area contributed by atoms with E-state index in [4.69, 9.17) is 0 Å². The minimum atomic E-state index is -0.393. The van der Waals surface area contributed by atoms with Crippen molar-refractivity contribution in [3.8, 4) is 0 Å². The molecule has 1 amide bonds. The van der Waals surface area contributed by atoms with Crippen molar-refractivity contribution < 1.29 is 9.18 Å². The van der Waals surface area contributed by atoms with Gasteiger partial charge in [0.25, 0.3) is 11.5 Å². The fourth-order valence-corrected chi connectivity index (χ4v) is 2.69. The number of rotatable bonds is 3. The van der Waals surface area contributed by atoms with Gasteiger partial charge in [0.1, 0.15) is 5.82 Å².